The van der Waals surface area contributed by atoms with Crippen LogP contribution in [-0.2, 0) is 18.9 Å². The SMILES string of the molecule is CCCCCCCCCCOC(OCCCC)(OCCCC)OCCCC. The van der Waals surface area contributed by atoms with E-state index in [-0.39, 0.29) is 0 Å². The standard InChI is InChI=1S/C23H48O4/c1-5-9-13-14-15-16-17-18-22-27-23(24-19-10-6-2,25-20-11-7-3)26-21-12-8-4/h5-22H2,1-4H3. The van der Waals surface area contributed by atoms with Crippen molar-refractivity contribution >= 4 is 0 Å². The summed E-state index contributed by atoms with van der Waals surface area (Å²) in [6, 6.07) is 0. The zero-order valence-electron chi connectivity index (χ0n) is 18.9. The lowest BCUT2D eigenvalue weighted by molar-refractivity contribution is -0.499. The van der Waals surface area contributed by atoms with E-state index in [2.05, 4.69) is 27.7 Å². The maximum absolute atomic E-state index is 6.05. The lowest BCUT2D eigenvalue weighted by Crippen LogP contribution is -2.43. The van der Waals surface area contributed by atoms with Gasteiger partial charge in [0, 0.05) is 0 Å². The van der Waals surface area contributed by atoms with Crippen LogP contribution >= 0.6 is 0 Å². The van der Waals surface area contributed by atoms with E-state index in [1.165, 1.54) is 44.9 Å². The highest BCUT2D eigenvalue weighted by molar-refractivity contribution is 4.50. The van der Waals surface area contributed by atoms with Crippen LogP contribution in [0.4, 0.5) is 0 Å². The van der Waals surface area contributed by atoms with Gasteiger partial charge in [0.25, 0.3) is 0 Å². The average molecular weight is 389 g/mol. The summed E-state index contributed by atoms with van der Waals surface area (Å²) in [5.74, 6) is 0. The van der Waals surface area contributed by atoms with Crippen LogP contribution in [0, 0.1) is 0 Å². The van der Waals surface area contributed by atoms with Crippen molar-refractivity contribution in [1.29, 1.82) is 0 Å². The third-order valence-electron chi connectivity index (χ3n) is 4.61. The molecule has 27 heavy (non-hydrogen) atoms. The summed E-state index contributed by atoms with van der Waals surface area (Å²) in [5, 5.41) is 0. The third kappa shape index (κ3) is 16.5. The molecule has 0 saturated heterocycles. The first-order chi connectivity index (χ1) is 13.2. The molecule has 0 radical (unpaired) electrons. The fraction of sp³-hybridized carbons (Fsp3) is 1.00. The smallest absolute Gasteiger partial charge is 0.303 e. The van der Waals surface area contributed by atoms with Gasteiger partial charge < -0.3 is 18.9 Å². The predicted molar refractivity (Wildman–Crippen MR) is 114 cm³/mol. The fourth-order valence-electron chi connectivity index (χ4n) is 2.71. The second kappa shape index (κ2) is 20.6. The molecule has 0 aliphatic carbocycles. The minimum atomic E-state index is -1.30. The highest BCUT2D eigenvalue weighted by atomic mass is 17.0. The molecule has 0 aromatic carbocycles. The van der Waals surface area contributed by atoms with E-state index in [1.54, 1.807) is 0 Å². The Kier molecular flexibility index (Phi) is 20.4. The minimum Gasteiger partial charge on any atom is -0.303 e. The average Bonchev–Trinajstić information content (AvgIpc) is 2.67. The van der Waals surface area contributed by atoms with E-state index in [0.29, 0.717) is 26.4 Å². The van der Waals surface area contributed by atoms with Crippen molar-refractivity contribution in [1.82, 2.24) is 0 Å². The molecule has 0 aliphatic rings. The first-order valence-electron chi connectivity index (χ1n) is 11.8. The molecule has 0 aromatic heterocycles. The summed E-state index contributed by atoms with van der Waals surface area (Å²) < 4.78 is 24.0. The van der Waals surface area contributed by atoms with Gasteiger partial charge in [0.05, 0.1) is 26.4 Å². The molecule has 164 valence electrons. The Morgan fingerprint density at radius 3 is 1.04 bits per heavy atom. The van der Waals surface area contributed by atoms with Gasteiger partial charge in [0.15, 0.2) is 0 Å². The van der Waals surface area contributed by atoms with E-state index in [0.717, 1.165) is 44.9 Å². The molecule has 4 nitrogen and oxygen atoms in total. The van der Waals surface area contributed by atoms with E-state index < -0.39 is 6.16 Å². The number of ether oxygens (including phenoxy) is 4. The quantitative estimate of drug-likeness (QED) is 0.145. The normalized spacial score (nSPS) is 12.0. The van der Waals surface area contributed by atoms with E-state index in [9.17, 15) is 0 Å². The van der Waals surface area contributed by atoms with Crippen LogP contribution < -0.4 is 0 Å². The van der Waals surface area contributed by atoms with Crippen molar-refractivity contribution in [2.24, 2.45) is 0 Å². The monoisotopic (exact) mass is 388 g/mol. The van der Waals surface area contributed by atoms with Crippen LogP contribution in [0.3, 0.4) is 0 Å². The highest BCUT2D eigenvalue weighted by Gasteiger charge is 2.35. The maximum Gasteiger partial charge on any atom is 0.412 e. The predicted octanol–water partition coefficient (Wildman–Crippen LogP) is 7.21. The molecule has 0 heterocycles. The highest BCUT2D eigenvalue weighted by Crippen LogP contribution is 2.21. The Morgan fingerprint density at radius 1 is 0.370 bits per heavy atom. The Labute approximate surface area is 169 Å². The molecule has 0 atom stereocenters. The molecular formula is C23H48O4. The van der Waals surface area contributed by atoms with Crippen LogP contribution in [-0.4, -0.2) is 32.6 Å². The molecule has 0 saturated carbocycles. The second-order valence-electron chi connectivity index (χ2n) is 7.43. The van der Waals surface area contributed by atoms with Gasteiger partial charge in [-0.25, -0.2) is 0 Å². The second-order valence-corrected chi connectivity index (χ2v) is 7.43. The zero-order chi connectivity index (χ0) is 20.1. The van der Waals surface area contributed by atoms with Gasteiger partial charge in [-0.3, -0.25) is 0 Å². The van der Waals surface area contributed by atoms with Crippen molar-refractivity contribution in [2.75, 3.05) is 26.4 Å². The van der Waals surface area contributed by atoms with E-state index in [4.69, 9.17) is 18.9 Å². The Balaban J connectivity index is 4.32. The number of hydrogen-bond donors (Lipinski definition) is 0. The third-order valence-corrected chi connectivity index (χ3v) is 4.61. The van der Waals surface area contributed by atoms with Gasteiger partial charge in [0.2, 0.25) is 0 Å². The summed E-state index contributed by atoms with van der Waals surface area (Å²) >= 11 is 0. The Bertz CT molecular complexity index is 257. The lowest BCUT2D eigenvalue weighted by Gasteiger charge is -2.32. The van der Waals surface area contributed by atoms with Crippen LogP contribution in [0.25, 0.3) is 0 Å². The fourth-order valence-corrected chi connectivity index (χ4v) is 2.71. The zero-order valence-corrected chi connectivity index (χ0v) is 18.9. The molecule has 0 rings (SSSR count). The first kappa shape index (κ1) is 26.8. The van der Waals surface area contributed by atoms with Crippen molar-refractivity contribution in [3.8, 4) is 0 Å². The molecule has 0 bridgehead atoms. The molecule has 0 amide bonds. The topological polar surface area (TPSA) is 36.9 Å². The molecule has 0 fully saturated rings. The molecule has 0 spiro atoms. The van der Waals surface area contributed by atoms with Crippen molar-refractivity contribution < 1.29 is 18.9 Å². The van der Waals surface area contributed by atoms with Crippen LogP contribution in [0.5, 0.6) is 0 Å². The summed E-state index contributed by atoms with van der Waals surface area (Å²) in [7, 11) is 0. The van der Waals surface area contributed by atoms with Gasteiger partial charge in [-0.1, -0.05) is 91.9 Å². The molecule has 0 N–H and O–H groups in total. The minimum absolute atomic E-state index is 0.603. The number of unbranched alkanes of at least 4 members (excludes halogenated alkanes) is 10. The molecule has 0 aromatic rings. The summed E-state index contributed by atoms with van der Waals surface area (Å²) in [6.45, 7) is 11.2. The number of hydrogen-bond acceptors (Lipinski definition) is 4. The summed E-state index contributed by atoms with van der Waals surface area (Å²) in [5.41, 5.74) is 0. The van der Waals surface area contributed by atoms with Gasteiger partial charge in [-0.15, -0.1) is 0 Å². The van der Waals surface area contributed by atoms with Crippen molar-refractivity contribution in [3.63, 3.8) is 0 Å². The molecule has 0 aliphatic heterocycles. The first-order valence-corrected chi connectivity index (χ1v) is 11.8. The Hall–Kier alpha value is -0.160. The Morgan fingerprint density at radius 2 is 0.667 bits per heavy atom. The van der Waals surface area contributed by atoms with Gasteiger partial charge in [-0.05, 0) is 25.7 Å². The van der Waals surface area contributed by atoms with Gasteiger partial charge in [0.1, 0.15) is 0 Å². The van der Waals surface area contributed by atoms with Crippen molar-refractivity contribution in [2.45, 2.75) is 124 Å². The largest absolute Gasteiger partial charge is 0.412 e. The molecule has 4 heteroatoms. The van der Waals surface area contributed by atoms with Gasteiger partial charge >= 0.3 is 6.16 Å². The van der Waals surface area contributed by atoms with Crippen LogP contribution in [0.15, 0.2) is 0 Å². The maximum atomic E-state index is 6.05. The van der Waals surface area contributed by atoms with Gasteiger partial charge in [-0.2, -0.15) is 0 Å². The van der Waals surface area contributed by atoms with Crippen LogP contribution in [0.1, 0.15) is 118 Å². The van der Waals surface area contributed by atoms with Crippen LogP contribution in [0.2, 0.25) is 0 Å². The van der Waals surface area contributed by atoms with Crippen molar-refractivity contribution in [3.05, 3.63) is 0 Å². The summed E-state index contributed by atoms with van der Waals surface area (Å²) in [6.07, 6.45) is 15.1. The summed E-state index contributed by atoms with van der Waals surface area (Å²) in [4.78, 5) is 0. The number of rotatable bonds is 22. The van der Waals surface area contributed by atoms with E-state index in [1.807, 2.05) is 0 Å². The van der Waals surface area contributed by atoms with E-state index >= 15 is 0 Å². The molecular weight excluding hydrogens is 340 g/mol. The molecule has 0 unspecified atom stereocenters. The lowest BCUT2D eigenvalue weighted by atomic mass is 10.1.